The zero-order valence-electron chi connectivity index (χ0n) is 8.06. The van der Waals surface area contributed by atoms with Crippen LogP contribution in [0.25, 0.3) is 0 Å². The molecule has 0 aromatic heterocycles. The van der Waals surface area contributed by atoms with E-state index in [1.54, 1.807) is 7.11 Å². The van der Waals surface area contributed by atoms with E-state index in [-0.39, 0.29) is 5.41 Å². The van der Waals surface area contributed by atoms with Gasteiger partial charge in [0.2, 0.25) is 0 Å². The van der Waals surface area contributed by atoms with Crippen LogP contribution in [0.5, 0.6) is 0 Å². The van der Waals surface area contributed by atoms with Crippen molar-refractivity contribution >= 4 is 5.78 Å². The molecule has 1 aliphatic carbocycles. The lowest BCUT2D eigenvalue weighted by Crippen LogP contribution is -2.12. The number of rotatable bonds is 4. The van der Waals surface area contributed by atoms with Gasteiger partial charge in [-0.1, -0.05) is 6.92 Å². The maximum absolute atomic E-state index is 11.1. The minimum atomic E-state index is 0.287. The van der Waals surface area contributed by atoms with E-state index >= 15 is 0 Å². The molecule has 0 saturated heterocycles. The molecule has 12 heavy (non-hydrogen) atoms. The molecule has 0 N–H and O–H groups in total. The second-order valence-corrected chi connectivity index (χ2v) is 4.12. The fourth-order valence-corrected chi connectivity index (χ4v) is 1.95. The first kappa shape index (κ1) is 9.72. The molecule has 1 aliphatic rings. The lowest BCUT2D eigenvalue weighted by Gasteiger charge is -2.21. The Morgan fingerprint density at radius 1 is 1.58 bits per heavy atom. The second kappa shape index (κ2) is 4.04. The SMILES string of the molecule is COCCCC1(C)CCC(=O)C1. The zero-order valence-corrected chi connectivity index (χ0v) is 8.06. The first-order chi connectivity index (χ1) is 5.66. The number of hydrogen-bond donors (Lipinski definition) is 0. The molecule has 0 spiro atoms. The van der Waals surface area contributed by atoms with Crippen molar-refractivity contribution in [2.75, 3.05) is 13.7 Å². The van der Waals surface area contributed by atoms with Crippen molar-refractivity contribution in [3.8, 4) is 0 Å². The summed E-state index contributed by atoms with van der Waals surface area (Å²) in [6.45, 7) is 3.04. The summed E-state index contributed by atoms with van der Waals surface area (Å²) in [5.74, 6) is 0.440. The summed E-state index contributed by atoms with van der Waals surface area (Å²) in [6, 6.07) is 0. The molecule has 0 bridgehead atoms. The lowest BCUT2D eigenvalue weighted by atomic mass is 9.84. The summed E-state index contributed by atoms with van der Waals surface area (Å²) < 4.78 is 4.99. The van der Waals surface area contributed by atoms with Gasteiger partial charge in [0.15, 0.2) is 0 Å². The maximum atomic E-state index is 11.1. The van der Waals surface area contributed by atoms with Crippen LogP contribution in [0.2, 0.25) is 0 Å². The van der Waals surface area contributed by atoms with Gasteiger partial charge in [-0.3, -0.25) is 4.79 Å². The molecule has 0 heterocycles. The number of ketones is 1. The molecular formula is C10H18O2. The molecule has 2 nitrogen and oxygen atoms in total. The van der Waals surface area contributed by atoms with Crippen LogP contribution in [0.3, 0.4) is 0 Å². The molecule has 70 valence electrons. The van der Waals surface area contributed by atoms with Gasteiger partial charge in [0, 0.05) is 26.6 Å². The van der Waals surface area contributed by atoms with E-state index in [4.69, 9.17) is 4.74 Å². The Kier molecular flexibility index (Phi) is 3.27. The van der Waals surface area contributed by atoms with Crippen molar-refractivity contribution in [1.82, 2.24) is 0 Å². The highest BCUT2D eigenvalue weighted by molar-refractivity contribution is 5.81. The Labute approximate surface area is 74.3 Å². The van der Waals surface area contributed by atoms with Gasteiger partial charge in [0.25, 0.3) is 0 Å². The third-order valence-corrected chi connectivity index (χ3v) is 2.76. The lowest BCUT2D eigenvalue weighted by molar-refractivity contribution is -0.118. The van der Waals surface area contributed by atoms with Gasteiger partial charge >= 0.3 is 0 Å². The molecule has 1 saturated carbocycles. The Balaban J connectivity index is 2.25. The van der Waals surface area contributed by atoms with Crippen LogP contribution in [-0.4, -0.2) is 19.5 Å². The predicted molar refractivity (Wildman–Crippen MR) is 48.1 cm³/mol. The van der Waals surface area contributed by atoms with Crippen LogP contribution in [-0.2, 0) is 9.53 Å². The standard InChI is InChI=1S/C10H18O2/c1-10(5-3-7-12-2)6-4-9(11)8-10/h3-8H2,1-2H3. The largest absolute Gasteiger partial charge is 0.385 e. The van der Waals surface area contributed by atoms with Gasteiger partial charge in [0.1, 0.15) is 5.78 Å². The van der Waals surface area contributed by atoms with Gasteiger partial charge in [-0.05, 0) is 24.7 Å². The minimum absolute atomic E-state index is 0.287. The molecule has 1 unspecified atom stereocenters. The fourth-order valence-electron chi connectivity index (χ4n) is 1.95. The van der Waals surface area contributed by atoms with Crippen molar-refractivity contribution in [3.63, 3.8) is 0 Å². The number of ether oxygens (including phenoxy) is 1. The second-order valence-electron chi connectivity index (χ2n) is 4.12. The van der Waals surface area contributed by atoms with E-state index in [1.807, 2.05) is 0 Å². The highest BCUT2D eigenvalue weighted by Gasteiger charge is 2.32. The molecule has 2 heteroatoms. The van der Waals surface area contributed by atoms with Crippen LogP contribution in [0, 0.1) is 5.41 Å². The fraction of sp³-hybridized carbons (Fsp3) is 0.900. The Hall–Kier alpha value is -0.370. The summed E-state index contributed by atoms with van der Waals surface area (Å²) in [5, 5.41) is 0. The van der Waals surface area contributed by atoms with Gasteiger partial charge in [-0.2, -0.15) is 0 Å². The number of hydrogen-bond acceptors (Lipinski definition) is 2. The molecule has 0 radical (unpaired) electrons. The smallest absolute Gasteiger partial charge is 0.133 e. The van der Waals surface area contributed by atoms with Gasteiger partial charge in [-0.15, -0.1) is 0 Å². The number of carbonyl (C=O) groups is 1. The van der Waals surface area contributed by atoms with Gasteiger partial charge < -0.3 is 4.74 Å². The first-order valence-electron chi connectivity index (χ1n) is 4.67. The third-order valence-electron chi connectivity index (χ3n) is 2.76. The maximum Gasteiger partial charge on any atom is 0.133 e. The van der Waals surface area contributed by atoms with Crippen LogP contribution in [0.15, 0.2) is 0 Å². The number of methoxy groups -OCH3 is 1. The summed E-state index contributed by atoms with van der Waals surface area (Å²) in [4.78, 5) is 11.1. The molecule has 1 fully saturated rings. The average molecular weight is 170 g/mol. The van der Waals surface area contributed by atoms with Crippen LogP contribution >= 0.6 is 0 Å². The molecule has 0 aliphatic heterocycles. The summed E-state index contributed by atoms with van der Waals surface area (Å²) >= 11 is 0. The number of carbonyl (C=O) groups excluding carboxylic acids is 1. The average Bonchev–Trinajstić information content (AvgIpc) is 2.32. The van der Waals surface area contributed by atoms with Gasteiger partial charge in [-0.25, -0.2) is 0 Å². The van der Waals surface area contributed by atoms with Crippen molar-refractivity contribution in [3.05, 3.63) is 0 Å². The quantitative estimate of drug-likeness (QED) is 0.604. The van der Waals surface area contributed by atoms with Crippen LogP contribution in [0.4, 0.5) is 0 Å². The van der Waals surface area contributed by atoms with E-state index in [0.29, 0.717) is 5.78 Å². The summed E-state index contributed by atoms with van der Waals surface area (Å²) in [7, 11) is 1.72. The molecule has 0 aromatic carbocycles. The summed E-state index contributed by atoms with van der Waals surface area (Å²) in [5.41, 5.74) is 0.287. The van der Waals surface area contributed by atoms with E-state index in [0.717, 1.165) is 38.7 Å². The zero-order chi connectivity index (χ0) is 9.03. The topological polar surface area (TPSA) is 26.3 Å². The predicted octanol–water partition coefficient (Wildman–Crippen LogP) is 2.17. The molecule has 0 amide bonds. The third kappa shape index (κ3) is 2.59. The minimum Gasteiger partial charge on any atom is -0.385 e. The Morgan fingerprint density at radius 3 is 2.83 bits per heavy atom. The van der Waals surface area contributed by atoms with Crippen LogP contribution in [0.1, 0.15) is 39.0 Å². The highest BCUT2D eigenvalue weighted by atomic mass is 16.5. The number of Topliss-reactive ketones (excluding diaryl/α,β-unsaturated/α-hetero) is 1. The molecular weight excluding hydrogens is 152 g/mol. The van der Waals surface area contributed by atoms with Crippen LogP contribution < -0.4 is 0 Å². The summed E-state index contributed by atoms with van der Waals surface area (Å²) in [6.07, 6.45) is 4.88. The Morgan fingerprint density at radius 2 is 2.33 bits per heavy atom. The van der Waals surface area contributed by atoms with Crippen molar-refractivity contribution in [2.45, 2.75) is 39.0 Å². The molecule has 1 atom stereocenters. The Bertz CT molecular complexity index is 165. The van der Waals surface area contributed by atoms with Gasteiger partial charge in [0.05, 0.1) is 0 Å². The molecule has 0 aromatic rings. The van der Waals surface area contributed by atoms with Crippen molar-refractivity contribution in [1.29, 1.82) is 0 Å². The van der Waals surface area contributed by atoms with E-state index in [1.165, 1.54) is 0 Å². The molecule has 1 rings (SSSR count). The first-order valence-corrected chi connectivity index (χ1v) is 4.67. The van der Waals surface area contributed by atoms with Crippen molar-refractivity contribution in [2.24, 2.45) is 5.41 Å². The van der Waals surface area contributed by atoms with Crippen molar-refractivity contribution < 1.29 is 9.53 Å². The van der Waals surface area contributed by atoms with E-state index < -0.39 is 0 Å². The monoisotopic (exact) mass is 170 g/mol. The normalized spacial score (nSPS) is 29.7. The van der Waals surface area contributed by atoms with E-state index in [2.05, 4.69) is 6.92 Å². The highest BCUT2D eigenvalue weighted by Crippen LogP contribution is 2.39. The van der Waals surface area contributed by atoms with E-state index in [9.17, 15) is 4.79 Å².